The largest absolute Gasteiger partial charge is 0.507 e. The molecular weight excluding hydrogens is 356 g/mol. The summed E-state index contributed by atoms with van der Waals surface area (Å²) in [4.78, 5) is 0. The molecule has 146 valence electrons. The summed E-state index contributed by atoms with van der Waals surface area (Å²) in [7, 11) is 1.56. The zero-order valence-electron chi connectivity index (χ0n) is 16.1. The molecule has 2 atom stereocenters. The minimum atomic E-state index is -0.530. The van der Waals surface area contributed by atoms with Crippen molar-refractivity contribution in [3.8, 4) is 34.1 Å². The summed E-state index contributed by atoms with van der Waals surface area (Å²) in [5.41, 5.74) is 9.97. The Hall–Kier alpha value is -2.96. The van der Waals surface area contributed by atoms with Crippen molar-refractivity contribution in [1.29, 1.82) is 0 Å². The quantitative estimate of drug-likeness (QED) is 0.466. The van der Waals surface area contributed by atoms with Gasteiger partial charge in [-0.1, -0.05) is 6.07 Å². The number of aromatic hydroxyl groups is 3. The third kappa shape index (κ3) is 2.73. The molecule has 0 saturated carbocycles. The number of aryl methyl sites for hydroxylation is 1. The monoisotopic (exact) mass is 380 g/mol. The molecule has 0 radical (unpaired) electrons. The van der Waals surface area contributed by atoms with Gasteiger partial charge < -0.3 is 25.8 Å². The Bertz CT molecular complexity index is 1090. The summed E-state index contributed by atoms with van der Waals surface area (Å²) >= 11 is 0. The molecule has 1 aliphatic rings. The number of hydrogen-bond donors (Lipinski definition) is 5. The van der Waals surface area contributed by atoms with Gasteiger partial charge in [-0.15, -0.1) is 0 Å². The first kappa shape index (κ1) is 18.4. The predicted molar refractivity (Wildman–Crippen MR) is 109 cm³/mol. The topological polar surface area (TPSA) is 108 Å². The van der Waals surface area contributed by atoms with E-state index in [9.17, 15) is 15.3 Å². The third-order valence-electron chi connectivity index (χ3n) is 5.41. The lowest BCUT2D eigenvalue weighted by atomic mass is 9.84. The van der Waals surface area contributed by atoms with E-state index in [4.69, 9.17) is 10.5 Å². The van der Waals surface area contributed by atoms with Gasteiger partial charge in [0.15, 0.2) is 0 Å². The molecule has 1 heterocycles. The molecule has 1 aliphatic heterocycles. The molecule has 0 unspecified atom stereocenters. The number of benzene rings is 3. The summed E-state index contributed by atoms with van der Waals surface area (Å²) < 4.78 is 5.48. The number of methoxy groups -OCH3 is 1. The van der Waals surface area contributed by atoms with Crippen LogP contribution in [0, 0.1) is 6.92 Å². The fourth-order valence-electron chi connectivity index (χ4n) is 4.28. The van der Waals surface area contributed by atoms with Crippen LogP contribution in [-0.4, -0.2) is 28.5 Å². The van der Waals surface area contributed by atoms with E-state index in [1.54, 1.807) is 19.2 Å². The van der Waals surface area contributed by atoms with Crippen molar-refractivity contribution in [2.24, 2.45) is 5.73 Å². The Balaban J connectivity index is 2.12. The molecule has 3 aromatic rings. The normalized spacial score (nSPS) is 18.9. The highest BCUT2D eigenvalue weighted by molar-refractivity contribution is 6.05. The van der Waals surface area contributed by atoms with Crippen molar-refractivity contribution in [2.75, 3.05) is 7.11 Å². The Morgan fingerprint density at radius 1 is 1.07 bits per heavy atom. The molecule has 0 aromatic heterocycles. The van der Waals surface area contributed by atoms with E-state index in [1.165, 1.54) is 6.07 Å². The first-order chi connectivity index (χ1) is 13.3. The summed E-state index contributed by atoms with van der Waals surface area (Å²) in [6.45, 7) is 3.96. The van der Waals surface area contributed by atoms with Crippen LogP contribution >= 0.6 is 0 Å². The first-order valence-corrected chi connectivity index (χ1v) is 9.21. The lowest BCUT2D eigenvalue weighted by Crippen LogP contribution is -2.41. The fraction of sp³-hybridized carbons (Fsp3) is 0.273. The Labute approximate surface area is 163 Å². The van der Waals surface area contributed by atoms with Crippen LogP contribution in [0.2, 0.25) is 0 Å². The molecule has 0 fully saturated rings. The van der Waals surface area contributed by atoms with Gasteiger partial charge in [0, 0.05) is 23.2 Å². The third-order valence-corrected chi connectivity index (χ3v) is 5.41. The maximum Gasteiger partial charge on any atom is 0.130 e. The number of phenolic OH excluding ortho intramolecular Hbond substituents is 3. The van der Waals surface area contributed by atoms with Crippen LogP contribution in [0.25, 0.3) is 21.9 Å². The Kier molecular flexibility index (Phi) is 4.33. The van der Waals surface area contributed by atoms with Crippen LogP contribution in [0.1, 0.15) is 29.8 Å². The van der Waals surface area contributed by atoms with E-state index >= 15 is 0 Å². The summed E-state index contributed by atoms with van der Waals surface area (Å²) in [6, 6.07) is 8.61. The second-order valence-electron chi connectivity index (χ2n) is 7.45. The number of nitrogens with two attached hydrogens (primary N) is 1. The van der Waals surface area contributed by atoms with Gasteiger partial charge in [0.05, 0.1) is 18.7 Å². The highest BCUT2D eigenvalue weighted by Crippen LogP contribution is 2.47. The average molecular weight is 380 g/mol. The van der Waals surface area contributed by atoms with Crippen molar-refractivity contribution >= 4 is 10.8 Å². The Morgan fingerprint density at radius 3 is 2.54 bits per heavy atom. The van der Waals surface area contributed by atoms with Crippen LogP contribution in [-0.2, 0) is 6.42 Å². The van der Waals surface area contributed by atoms with E-state index < -0.39 is 6.17 Å². The second-order valence-corrected chi connectivity index (χ2v) is 7.45. The van der Waals surface area contributed by atoms with Crippen LogP contribution in [0.5, 0.6) is 23.0 Å². The maximum atomic E-state index is 10.8. The van der Waals surface area contributed by atoms with Crippen LogP contribution < -0.4 is 15.8 Å². The summed E-state index contributed by atoms with van der Waals surface area (Å²) in [6.07, 6.45) is 0.0730. The van der Waals surface area contributed by atoms with E-state index in [2.05, 4.69) is 5.32 Å². The SMILES string of the molecule is COc1cc(C)cc2c(-c3c(O)cc(O)c4c3C[C@@H](C)N[C@@H]4N)ccc(O)c12. The number of hydrogen-bond acceptors (Lipinski definition) is 6. The highest BCUT2D eigenvalue weighted by Gasteiger charge is 2.30. The summed E-state index contributed by atoms with van der Waals surface area (Å²) in [5.74, 6) is 0.618. The number of nitrogens with one attached hydrogen (secondary N) is 1. The van der Waals surface area contributed by atoms with Gasteiger partial charge in [-0.25, -0.2) is 0 Å². The van der Waals surface area contributed by atoms with Gasteiger partial charge in [-0.2, -0.15) is 0 Å². The second kappa shape index (κ2) is 6.58. The lowest BCUT2D eigenvalue weighted by Gasteiger charge is -2.32. The van der Waals surface area contributed by atoms with E-state index in [-0.39, 0.29) is 23.3 Å². The predicted octanol–water partition coefficient (Wildman–Crippen LogP) is 3.43. The van der Waals surface area contributed by atoms with Crippen molar-refractivity contribution in [3.05, 3.63) is 47.0 Å². The minimum absolute atomic E-state index is 0.0231. The first-order valence-electron chi connectivity index (χ1n) is 9.21. The summed E-state index contributed by atoms with van der Waals surface area (Å²) in [5, 5.41) is 36.2. The van der Waals surface area contributed by atoms with Crippen LogP contribution in [0.15, 0.2) is 30.3 Å². The lowest BCUT2D eigenvalue weighted by molar-refractivity contribution is 0.394. The number of rotatable bonds is 2. The molecule has 0 aliphatic carbocycles. The average Bonchev–Trinajstić information content (AvgIpc) is 2.61. The number of phenols is 3. The van der Waals surface area contributed by atoms with E-state index in [1.807, 2.05) is 26.0 Å². The van der Waals surface area contributed by atoms with Crippen molar-refractivity contribution in [2.45, 2.75) is 32.5 Å². The molecule has 0 spiro atoms. The van der Waals surface area contributed by atoms with Crippen LogP contribution in [0.4, 0.5) is 0 Å². The molecule has 28 heavy (non-hydrogen) atoms. The smallest absolute Gasteiger partial charge is 0.130 e. The molecule has 0 bridgehead atoms. The van der Waals surface area contributed by atoms with Gasteiger partial charge in [-0.3, -0.25) is 5.32 Å². The molecule has 6 nitrogen and oxygen atoms in total. The molecule has 6 heteroatoms. The van der Waals surface area contributed by atoms with Gasteiger partial charge in [0.2, 0.25) is 0 Å². The molecule has 3 aromatic carbocycles. The van der Waals surface area contributed by atoms with Crippen molar-refractivity contribution in [3.63, 3.8) is 0 Å². The highest BCUT2D eigenvalue weighted by atomic mass is 16.5. The number of ether oxygens (including phenoxy) is 1. The maximum absolute atomic E-state index is 10.8. The minimum Gasteiger partial charge on any atom is -0.507 e. The standard InChI is InChI=1S/C22H24N2O4/c1-10-6-13-12(4-5-15(25)20(13)18(7-10)28-3)19-14-8-11(2)24-22(23)21(14)17(27)9-16(19)26/h4-7,9,11,22,24-27H,8,23H2,1-3H3/t11-,22+/m1/s1. The molecule has 4 rings (SSSR count). The van der Waals surface area contributed by atoms with Gasteiger partial charge >= 0.3 is 0 Å². The van der Waals surface area contributed by atoms with Gasteiger partial charge in [0.1, 0.15) is 23.0 Å². The van der Waals surface area contributed by atoms with Crippen molar-refractivity contribution in [1.82, 2.24) is 5.32 Å². The van der Waals surface area contributed by atoms with Gasteiger partial charge in [-0.05, 0) is 60.5 Å². The fourth-order valence-corrected chi connectivity index (χ4v) is 4.28. The zero-order valence-corrected chi connectivity index (χ0v) is 16.1. The Morgan fingerprint density at radius 2 is 1.82 bits per heavy atom. The van der Waals surface area contributed by atoms with E-state index in [0.717, 1.165) is 22.1 Å². The van der Waals surface area contributed by atoms with Crippen molar-refractivity contribution < 1.29 is 20.1 Å². The molecule has 0 amide bonds. The van der Waals surface area contributed by atoms with Crippen LogP contribution in [0.3, 0.4) is 0 Å². The number of fused-ring (bicyclic) bond motifs is 2. The van der Waals surface area contributed by atoms with Gasteiger partial charge in [0.25, 0.3) is 0 Å². The zero-order chi connectivity index (χ0) is 20.2. The molecular formula is C22H24N2O4. The molecule has 6 N–H and O–H groups in total. The van der Waals surface area contributed by atoms with E-state index in [0.29, 0.717) is 28.7 Å². The molecule has 0 saturated heterocycles.